The van der Waals surface area contributed by atoms with Gasteiger partial charge in [-0.05, 0) is 36.5 Å². The molecule has 0 spiro atoms. The maximum atomic E-state index is 12.7. The van der Waals surface area contributed by atoms with E-state index in [0.29, 0.717) is 5.69 Å². The van der Waals surface area contributed by atoms with Crippen LogP contribution in [0.3, 0.4) is 0 Å². The summed E-state index contributed by atoms with van der Waals surface area (Å²) >= 11 is 5.04. The van der Waals surface area contributed by atoms with Crippen molar-refractivity contribution >= 4 is 50.3 Å². The van der Waals surface area contributed by atoms with Crippen LogP contribution < -0.4 is 10.6 Å². The number of hydrogen-bond acceptors (Lipinski definition) is 8. The van der Waals surface area contributed by atoms with Gasteiger partial charge >= 0.3 is 0 Å². The molecular weight excluding hydrogens is 486 g/mol. The van der Waals surface area contributed by atoms with Crippen LogP contribution in [0.25, 0.3) is 0 Å². The van der Waals surface area contributed by atoms with Crippen molar-refractivity contribution in [1.29, 1.82) is 0 Å². The number of carbonyl (C=O) groups is 1. The van der Waals surface area contributed by atoms with Gasteiger partial charge in [0.2, 0.25) is 10.0 Å². The first-order chi connectivity index (χ1) is 16.0. The molecule has 34 heavy (non-hydrogen) atoms. The van der Waals surface area contributed by atoms with E-state index in [4.69, 9.17) is 12.2 Å². The second-order valence-electron chi connectivity index (χ2n) is 6.58. The molecule has 0 aliphatic rings. The number of nitro benzene ring substituents is 2. The Morgan fingerprint density at radius 2 is 1.50 bits per heavy atom. The largest absolute Gasteiger partial charge is 0.332 e. The Morgan fingerprint density at radius 3 is 1.94 bits per heavy atom. The predicted octanol–water partition coefficient (Wildman–Crippen LogP) is 2.99. The first-order valence-corrected chi connectivity index (χ1v) is 11.2. The minimum atomic E-state index is -3.80. The van der Waals surface area contributed by atoms with Gasteiger partial charge in [0, 0.05) is 30.9 Å². The van der Waals surface area contributed by atoms with Crippen molar-refractivity contribution in [2.24, 2.45) is 0 Å². The van der Waals surface area contributed by atoms with Gasteiger partial charge in [-0.15, -0.1) is 13.2 Å². The number of amides is 1. The van der Waals surface area contributed by atoms with Crippen LogP contribution in [0.1, 0.15) is 10.4 Å². The highest BCUT2D eigenvalue weighted by atomic mass is 32.2. The number of anilines is 1. The lowest BCUT2D eigenvalue weighted by Crippen LogP contribution is -2.34. The lowest BCUT2D eigenvalue weighted by Gasteiger charge is -2.19. The zero-order valence-corrected chi connectivity index (χ0v) is 19.2. The monoisotopic (exact) mass is 505 g/mol. The third-order valence-electron chi connectivity index (χ3n) is 4.23. The summed E-state index contributed by atoms with van der Waals surface area (Å²) in [6, 6.07) is 8.00. The molecule has 0 aliphatic carbocycles. The molecule has 0 atom stereocenters. The van der Waals surface area contributed by atoms with Gasteiger partial charge in [-0.25, -0.2) is 8.42 Å². The fourth-order valence-electron chi connectivity index (χ4n) is 2.69. The summed E-state index contributed by atoms with van der Waals surface area (Å²) in [4.78, 5) is 32.7. The molecule has 0 radical (unpaired) electrons. The standard InChI is InChI=1S/C20H19N5O7S2/c1-3-9-23(10-4-2)34(31,32)18-7-5-15(6-8-18)21-20(33)22-19(26)14-11-16(24(27)28)13-17(12-14)25(29)30/h3-8,11-13H,1-2,9-10H2,(H2,21,22,26,33). The topological polar surface area (TPSA) is 165 Å². The molecule has 2 rings (SSSR count). The summed E-state index contributed by atoms with van der Waals surface area (Å²) in [5.74, 6) is -0.909. The smallest absolute Gasteiger partial charge is 0.277 e. The Labute approximate surface area is 199 Å². The summed E-state index contributed by atoms with van der Waals surface area (Å²) in [7, 11) is -3.80. The van der Waals surface area contributed by atoms with Crippen LogP contribution in [-0.2, 0) is 10.0 Å². The molecule has 0 aromatic heterocycles. The number of nitrogens with zero attached hydrogens (tertiary/aromatic N) is 3. The quantitative estimate of drug-likeness (QED) is 0.214. The summed E-state index contributed by atoms with van der Waals surface area (Å²) in [5.41, 5.74) is -1.25. The minimum absolute atomic E-state index is 0.0145. The molecule has 2 aromatic rings. The number of carbonyl (C=O) groups excluding carboxylic acids is 1. The Bertz CT molecular complexity index is 1220. The molecule has 14 heteroatoms. The van der Waals surface area contributed by atoms with Crippen molar-refractivity contribution in [3.05, 3.63) is 93.6 Å². The molecule has 0 heterocycles. The molecule has 0 fully saturated rings. The number of non-ortho nitro benzene ring substituents is 2. The van der Waals surface area contributed by atoms with Crippen molar-refractivity contribution in [2.75, 3.05) is 18.4 Å². The Hall–Kier alpha value is -4.01. The van der Waals surface area contributed by atoms with E-state index in [9.17, 15) is 33.4 Å². The fraction of sp³-hybridized carbons (Fsp3) is 0.100. The SMILES string of the molecule is C=CCN(CC=C)S(=O)(=O)c1ccc(NC(=S)NC(=O)c2cc([N+](=O)[O-])cc([N+](=O)[O-])c2)cc1. The van der Waals surface area contributed by atoms with E-state index < -0.39 is 37.2 Å². The lowest BCUT2D eigenvalue weighted by atomic mass is 10.1. The van der Waals surface area contributed by atoms with Crippen molar-refractivity contribution < 1.29 is 23.1 Å². The number of nitrogens with one attached hydrogen (secondary N) is 2. The van der Waals surface area contributed by atoms with Crippen LogP contribution in [0, 0.1) is 20.2 Å². The molecule has 2 aromatic carbocycles. The molecule has 0 saturated carbocycles. The second-order valence-corrected chi connectivity index (χ2v) is 8.93. The van der Waals surface area contributed by atoms with Crippen LogP contribution in [0.15, 0.2) is 72.7 Å². The van der Waals surface area contributed by atoms with E-state index in [1.54, 1.807) is 0 Å². The molecule has 2 N–H and O–H groups in total. The van der Waals surface area contributed by atoms with Crippen LogP contribution in [-0.4, -0.2) is 46.7 Å². The lowest BCUT2D eigenvalue weighted by molar-refractivity contribution is -0.394. The fourth-order valence-corrected chi connectivity index (χ4v) is 4.28. The Kier molecular flexibility index (Phi) is 8.66. The van der Waals surface area contributed by atoms with Crippen molar-refractivity contribution in [1.82, 2.24) is 9.62 Å². The van der Waals surface area contributed by atoms with E-state index in [2.05, 4.69) is 23.8 Å². The molecule has 0 unspecified atom stereocenters. The van der Waals surface area contributed by atoms with Gasteiger partial charge in [0.15, 0.2) is 5.11 Å². The van der Waals surface area contributed by atoms with Gasteiger partial charge < -0.3 is 5.32 Å². The maximum absolute atomic E-state index is 12.7. The zero-order chi connectivity index (χ0) is 25.5. The molecule has 0 bridgehead atoms. The first-order valence-electron chi connectivity index (χ1n) is 9.37. The van der Waals surface area contributed by atoms with Crippen LogP contribution in [0.4, 0.5) is 17.1 Å². The predicted molar refractivity (Wildman–Crippen MR) is 129 cm³/mol. The van der Waals surface area contributed by atoms with Gasteiger partial charge in [0.25, 0.3) is 17.3 Å². The average molecular weight is 506 g/mol. The van der Waals surface area contributed by atoms with Crippen molar-refractivity contribution in [2.45, 2.75) is 4.90 Å². The first kappa shape index (κ1) is 26.2. The summed E-state index contributed by atoms with van der Waals surface area (Å²) < 4.78 is 26.6. The number of hydrogen-bond donors (Lipinski definition) is 2. The minimum Gasteiger partial charge on any atom is -0.332 e. The normalized spacial score (nSPS) is 10.9. The van der Waals surface area contributed by atoms with Gasteiger partial charge in [-0.3, -0.25) is 30.3 Å². The summed E-state index contributed by atoms with van der Waals surface area (Å²) in [6.45, 7) is 7.28. The number of benzene rings is 2. The van der Waals surface area contributed by atoms with E-state index in [1.807, 2.05) is 0 Å². The van der Waals surface area contributed by atoms with Gasteiger partial charge in [0.05, 0.1) is 26.4 Å². The maximum Gasteiger partial charge on any atom is 0.277 e. The second kappa shape index (κ2) is 11.2. The Balaban J connectivity index is 2.14. The van der Waals surface area contributed by atoms with Gasteiger partial charge in [0.1, 0.15) is 0 Å². The number of thiocarbonyl (C=S) groups is 1. The molecule has 1 amide bonds. The highest BCUT2D eigenvalue weighted by Crippen LogP contribution is 2.23. The summed E-state index contributed by atoms with van der Waals surface area (Å²) in [6.07, 6.45) is 2.90. The zero-order valence-electron chi connectivity index (χ0n) is 17.5. The van der Waals surface area contributed by atoms with Crippen molar-refractivity contribution in [3.63, 3.8) is 0 Å². The van der Waals surface area contributed by atoms with E-state index in [1.165, 1.54) is 40.7 Å². The average Bonchev–Trinajstić information content (AvgIpc) is 2.78. The van der Waals surface area contributed by atoms with E-state index in [0.717, 1.165) is 18.2 Å². The highest BCUT2D eigenvalue weighted by Gasteiger charge is 2.23. The van der Waals surface area contributed by atoms with Gasteiger partial charge in [-0.2, -0.15) is 4.31 Å². The van der Waals surface area contributed by atoms with Crippen molar-refractivity contribution in [3.8, 4) is 0 Å². The van der Waals surface area contributed by atoms with E-state index in [-0.39, 0.29) is 28.7 Å². The van der Waals surface area contributed by atoms with Gasteiger partial charge in [-0.1, -0.05) is 12.2 Å². The number of rotatable bonds is 10. The van der Waals surface area contributed by atoms with Crippen LogP contribution in [0.2, 0.25) is 0 Å². The van der Waals surface area contributed by atoms with Crippen LogP contribution >= 0.6 is 12.2 Å². The molecule has 0 aliphatic heterocycles. The molecule has 12 nitrogen and oxygen atoms in total. The number of nitro groups is 2. The molecular formula is C20H19N5O7S2. The Morgan fingerprint density at radius 1 is 1.00 bits per heavy atom. The summed E-state index contributed by atoms with van der Waals surface area (Å²) in [5, 5.41) is 26.7. The number of sulfonamides is 1. The molecule has 0 saturated heterocycles. The van der Waals surface area contributed by atoms with Crippen LogP contribution in [0.5, 0.6) is 0 Å². The molecule has 178 valence electrons. The van der Waals surface area contributed by atoms with E-state index >= 15 is 0 Å². The third-order valence-corrected chi connectivity index (χ3v) is 6.28. The highest BCUT2D eigenvalue weighted by molar-refractivity contribution is 7.89. The third kappa shape index (κ3) is 6.50.